The van der Waals surface area contributed by atoms with Gasteiger partial charge in [0.05, 0.1) is 16.3 Å². The number of halogens is 4. The molecule has 2 aromatic rings. The Balaban J connectivity index is 2.38. The van der Waals surface area contributed by atoms with Crippen molar-refractivity contribution in [1.29, 1.82) is 0 Å². The molecule has 0 aliphatic rings. The van der Waals surface area contributed by atoms with E-state index in [4.69, 9.17) is 11.6 Å². The Morgan fingerprint density at radius 3 is 1.91 bits per heavy atom. The molecule has 0 heterocycles. The Morgan fingerprint density at radius 1 is 0.864 bits per heavy atom. The number of benzene rings is 2. The summed E-state index contributed by atoms with van der Waals surface area (Å²) in [5, 5.41) is 0.271. The maximum Gasteiger partial charge on any atom is 0.416 e. The molecule has 0 fully saturated rings. The lowest BCUT2D eigenvalue weighted by Gasteiger charge is -2.23. The molecule has 118 valence electrons. The van der Waals surface area contributed by atoms with Crippen LogP contribution in [0.25, 0.3) is 0 Å². The second-order valence-corrected chi connectivity index (χ2v) is 5.54. The molecule has 2 rings (SSSR count). The number of anilines is 3. The van der Waals surface area contributed by atoms with Crippen molar-refractivity contribution in [2.24, 2.45) is 0 Å². The summed E-state index contributed by atoms with van der Waals surface area (Å²) in [6.45, 7) is 0. The molecule has 0 saturated carbocycles. The Labute approximate surface area is 132 Å². The van der Waals surface area contributed by atoms with Crippen molar-refractivity contribution < 1.29 is 13.2 Å². The fourth-order valence-electron chi connectivity index (χ4n) is 2.06. The van der Waals surface area contributed by atoms with Gasteiger partial charge in [0.1, 0.15) is 0 Å². The van der Waals surface area contributed by atoms with Gasteiger partial charge in [-0.05, 0) is 42.5 Å². The molecule has 0 N–H and O–H groups in total. The number of hydrogen-bond donors (Lipinski definition) is 0. The van der Waals surface area contributed by atoms with Crippen LogP contribution >= 0.6 is 11.6 Å². The highest BCUT2D eigenvalue weighted by molar-refractivity contribution is 6.33. The van der Waals surface area contributed by atoms with Gasteiger partial charge >= 0.3 is 6.18 Å². The number of alkyl halides is 3. The van der Waals surface area contributed by atoms with Gasteiger partial charge in [-0.3, -0.25) is 0 Å². The third-order valence-corrected chi connectivity index (χ3v) is 3.71. The predicted molar refractivity (Wildman–Crippen MR) is 85.3 cm³/mol. The first-order valence-electron chi connectivity index (χ1n) is 6.58. The van der Waals surface area contributed by atoms with Crippen LogP contribution in [0, 0.1) is 0 Å². The third-order valence-electron chi connectivity index (χ3n) is 3.39. The van der Waals surface area contributed by atoms with Gasteiger partial charge in [-0.1, -0.05) is 11.6 Å². The summed E-state index contributed by atoms with van der Waals surface area (Å²) in [4.78, 5) is 3.58. The van der Waals surface area contributed by atoms with Crippen LogP contribution in [0.5, 0.6) is 0 Å². The van der Waals surface area contributed by atoms with Crippen LogP contribution in [0.2, 0.25) is 5.02 Å². The zero-order valence-electron chi connectivity index (χ0n) is 12.4. The Kier molecular flexibility index (Phi) is 4.56. The monoisotopic (exact) mass is 328 g/mol. The first kappa shape index (κ1) is 16.5. The number of nitrogens with zero attached hydrogens (tertiary/aromatic N) is 2. The molecule has 0 saturated heterocycles. The van der Waals surface area contributed by atoms with E-state index < -0.39 is 11.7 Å². The maximum absolute atomic E-state index is 12.8. The summed E-state index contributed by atoms with van der Waals surface area (Å²) in [5.74, 6) is 0. The van der Waals surface area contributed by atoms with Gasteiger partial charge in [-0.2, -0.15) is 13.2 Å². The molecule has 22 heavy (non-hydrogen) atoms. The molecule has 0 amide bonds. The van der Waals surface area contributed by atoms with Gasteiger partial charge in [-0.15, -0.1) is 0 Å². The van der Waals surface area contributed by atoms with Crippen LogP contribution < -0.4 is 9.80 Å². The van der Waals surface area contributed by atoms with E-state index in [0.29, 0.717) is 5.69 Å². The van der Waals surface area contributed by atoms with E-state index in [9.17, 15) is 13.2 Å². The Morgan fingerprint density at radius 2 is 1.41 bits per heavy atom. The standard InChI is InChI=1S/C16H16ClF3N2/c1-21(2)12-5-7-13(8-6-12)22(3)15-10-11(16(18,19)20)4-9-14(15)17/h4-10H,1-3H3. The highest BCUT2D eigenvalue weighted by Crippen LogP contribution is 2.37. The van der Waals surface area contributed by atoms with E-state index in [2.05, 4.69) is 0 Å². The molecule has 0 aliphatic heterocycles. The lowest BCUT2D eigenvalue weighted by atomic mass is 10.1. The van der Waals surface area contributed by atoms with Gasteiger partial charge in [0.25, 0.3) is 0 Å². The van der Waals surface area contributed by atoms with Crippen LogP contribution in [0.4, 0.5) is 30.2 Å². The van der Waals surface area contributed by atoms with Crippen LogP contribution in [0.3, 0.4) is 0 Å². The van der Waals surface area contributed by atoms with Crippen molar-refractivity contribution in [1.82, 2.24) is 0 Å². The quantitative estimate of drug-likeness (QED) is 0.764. The van der Waals surface area contributed by atoms with Crippen LogP contribution in [0.15, 0.2) is 42.5 Å². The highest BCUT2D eigenvalue weighted by atomic mass is 35.5. The van der Waals surface area contributed by atoms with E-state index in [-0.39, 0.29) is 5.02 Å². The third kappa shape index (κ3) is 3.47. The fourth-order valence-corrected chi connectivity index (χ4v) is 2.30. The van der Waals surface area contributed by atoms with E-state index in [0.717, 1.165) is 23.5 Å². The minimum absolute atomic E-state index is 0.271. The summed E-state index contributed by atoms with van der Waals surface area (Å²) in [7, 11) is 5.52. The topological polar surface area (TPSA) is 6.48 Å². The van der Waals surface area contributed by atoms with Crippen molar-refractivity contribution in [2.75, 3.05) is 30.9 Å². The van der Waals surface area contributed by atoms with Crippen molar-refractivity contribution in [3.05, 3.63) is 53.1 Å². The van der Waals surface area contributed by atoms with Gasteiger partial charge in [0.2, 0.25) is 0 Å². The summed E-state index contributed by atoms with van der Waals surface area (Å²) in [6.07, 6.45) is -4.39. The second-order valence-electron chi connectivity index (χ2n) is 5.13. The molecule has 2 aromatic carbocycles. The molecular weight excluding hydrogens is 313 g/mol. The van der Waals surface area contributed by atoms with E-state index in [1.807, 2.05) is 43.3 Å². The average molecular weight is 329 g/mol. The molecule has 0 aromatic heterocycles. The minimum atomic E-state index is -4.39. The normalized spacial score (nSPS) is 11.4. The Bertz CT molecular complexity index is 651. The van der Waals surface area contributed by atoms with Crippen LogP contribution in [-0.2, 0) is 6.18 Å². The van der Waals surface area contributed by atoms with Crippen molar-refractivity contribution in [3.63, 3.8) is 0 Å². The molecule has 0 radical (unpaired) electrons. The highest BCUT2D eigenvalue weighted by Gasteiger charge is 2.31. The van der Waals surface area contributed by atoms with Crippen molar-refractivity contribution in [3.8, 4) is 0 Å². The van der Waals surface area contributed by atoms with Crippen molar-refractivity contribution >= 4 is 28.7 Å². The number of hydrogen-bond acceptors (Lipinski definition) is 2. The molecule has 6 heteroatoms. The molecule has 0 spiro atoms. The second kappa shape index (κ2) is 6.08. The van der Waals surface area contributed by atoms with E-state index in [1.54, 1.807) is 11.9 Å². The largest absolute Gasteiger partial charge is 0.416 e. The SMILES string of the molecule is CN(C)c1ccc(N(C)c2cc(C(F)(F)F)ccc2Cl)cc1. The van der Waals surface area contributed by atoms with Crippen LogP contribution in [0.1, 0.15) is 5.56 Å². The molecular formula is C16H16ClF3N2. The minimum Gasteiger partial charge on any atom is -0.378 e. The fraction of sp³-hybridized carbons (Fsp3) is 0.250. The lowest BCUT2D eigenvalue weighted by molar-refractivity contribution is -0.137. The maximum atomic E-state index is 12.8. The molecule has 0 unspecified atom stereocenters. The summed E-state index contributed by atoms with van der Waals surface area (Å²) in [5.41, 5.74) is 1.36. The van der Waals surface area contributed by atoms with Gasteiger partial charge < -0.3 is 9.80 Å². The average Bonchev–Trinajstić information content (AvgIpc) is 2.46. The lowest BCUT2D eigenvalue weighted by Crippen LogP contribution is -2.13. The Hall–Kier alpha value is -1.88. The molecule has 2 nitrogen and oxygen atoms in total. The van der Waals surface area contributed by atoms with E-state index in [1.165, 1.54) is 6.07 Å². The van der Waals surface area contributed by atoms with E-state index >= 15 is 0 Å². The van der Waals surface area contributed by atoms with Gasteiger partial charge in [0.15, 0.2) is 0 Å². The van der Waals surface area contributed by atoms with Gasteiger partial charge in [0, 0.05) is 32.5 Å². The summed E-state index contributed by atoms with van der Waals surface area (Å²) >= 11 is 6.06. The summed E-state index contributed by atoms with van der Waals surface area (Å²) < 4.78 is 38.5. The number of rotatable bonds is 3. The first-order valence-corrected chi connectivity index (χ1v) is 6.96. The predicted octanol–water partition coefficient (Wildman–Crippen LogP) is 5.19. The summed E-state index contributed by atoms with van der Waals surface area (Å²) in [6, 6.07) is 10.8. The molecule has 0 aliphatic carbocycles. The zero-order valence-corrected chi connectivity index (χ0v) is 13.2. The van der Waals surface area contributed by atoms with Crippen molar-refractivity contribution in [2.45, 2.75) is 6.18 Å². The zero-order chi connectivity index (χ0) is 16.5. The molecule has 0 bridgehead atoms. The smallest absolute Gasteiger partial charge is 0.378 e. The molecule has 0 atom stereocenters. The first-order chi connectivity index (χ1) is 10.2. The van der Waals surface area contributed by atoms with Gasteiger partial charge in [-0.25, -0.2) is 0 Å². The van der Waals surface area contributed by atoms with Crippen LogP contribution in [-0.4, -0.2) is 21.1 Å².